The quantitative estimate of drug-likeness (QED) is 0.0556. The lowest BCUT2D eigenvalue weighted by molar-refractivity contribution is -0.194. The van der Waals surface area contributed by atoms with Crippen molar-refractivity contribution in [2.45, 2.75) is 121 Å². The summed E-state index contributed by atoms with van der Waals surface area (Å²) in [6.45, 7) is 8.65. The molecule has 0 unspecified atom stereocenters. The largest absolute Gasteiger partial charge is 0.396 e. The van der Waals surface area contributed by atoms with E-state index in [1.807, 2.05) is 39.1 Å². The Morgan fingerprint density at radius 2 is 1.82 bits per heavy atom. The van der Waals surface area contributed by atoms with Crippen LogP contribution < -0.4 is 10.6 Å². The second-order valence-electron chi connectivity index (χ2n) is 18.1. The summed E-state index contributed by atoms with van der Waals surface area (Å²) in [5.74, 6) is -0.332. The summed E-state index contributed by atoms with van der Waals surface area (Å²) in [6, 6.07) is 9.11. The standard InChI is InChI=1S/C49H70N2O6/c1-32(39-17-16-33(2)47(56)51-43(37-13-6-5-7-14-37)28-36-12-9-11-35(26-36)27-39)10-8-15-41(31-54)42-20-22-49(46(42)55)45-38(21-25-52)18-19-40(44(45)34(3)30-53)29-48(49,57)23-24-50-4/h8-12,15-16,18-19,26,30,37-40,42-43,45-47,50-52,54-57H,1,5-7,13-14,17,20-25,27-29,31H2,2-4H3/b10-8+,33-16+,41-15-,44-34?/t38-,39-,40-,42-,43+,45-,46+,47+,48+,49+/m0/s1. The van der Waals surface area contributed by atoms with Crippen molar-refractivity contribution in [3.05, 3.63) is 106 Å². The maximum absolute atomic E-state index is 12.8. The molecule has 1 spiro atoms. The van der Waals surface area contributed by atoms with Crippen LogP contribution in [0.25, 0.3) is 0 Å². The van der Waals surface area contributed by atoms with Crippen molar-refractivity contribution in [2.75, 3.05) is 26.8 Å². The first-order chi connectivity index (χ1) is 27.5. The molecular formula is C49H70N2O6. The van der Waals surface area contributed by atoms with Crippen LogP contribution in [-0.2, 0) is 17.6 Å². The van der Waals surface area contributed by atoms with Gasteiger partial charge in [-0.1, -0.05) is 97.7 Å². The van der Waals surface area contributed by atoms with E-state index in [1.165, 1.54) is 43.2 Å². The van der Waals surface area contributed by atoms with Gasteiger partial charge in [0.25, 0.3) is 0 Å². The van der Waals surface area contributed by atoms with Crippen molar-refractivity contribution >= 4 is 6.29 Å². The third-order valence-electron chi connectivity index (χ3n) is 14.9. The van der Waals surface area contributed by atoms with E-state index in [0.29, 0.717) is 55.7 Å². The van der Waals surface area contributed by atoms with E-state index in [-0.39, 0.29) is 42.9 Å². The summed E-state index contributed by atoms with van der Waals surface area (Å²) >= 11 is 0. The molecule has 5 aliphatic rings. The van der Waals surface area contributed by atoms with Crippen molar-refractivity contribution < 1.29 is 30.3 Å². The molecule has 312 valence electrons. The van der Waals surface area contributed by atoms with E-state index < -0.39 is 29.3 Å². The van der Waals surface area contributed by atoms with Gasteiger partial charge >= 0.3 is 0 Å². The average molecular weight is 783 g/mol. The van der Waals surface area contributed by atoms with E-state index in [2.05, 4.69) is 59.7 Å². The maximum atomic E-state index is 12.8. The molecule has 1 aromatic rings. The Balaban J connectivity index is 1.26. The monoisotopic (exact) mass is 783 g/mol. The molecule has 3 fully saturated rings. The van der Waals surface area contributed by atoms with Gasteiger partial charge in [0.05, 0.1) is 18.3 Å². The minimum atomic E-state index is -1.23. The van der Waals surface area contributed by atoms with Crippen LogP contribution in [0.1, 0.15) is 95.6 Å². The van der Waals surface area contributed by atoms with Crippen molar-refractivity contribution in [1.29, 1.82) is 0 Å². The van der Waals surface area contributed by atoms with Gasteiger partial charge in [0.1, 0.15) is 12.5 Å². The lowest BCUT2D eigenvalue weighted by Crippen LogP contribution is -2.65. The van der Waals surface area contributed by atoms with E-state index >= 15 is 0 Å². The van der Waals surface area contributed by atoms with Gasteiger partial charge in [-0.15, -0.1) is 0 Å². The highest BCUT2D eigenvalue weighted by Gasteiger charge is 2.68. The number of hydrogen-bond acceptors (Lipinski definition) is 8. The number of fused-ring (bicyclic) bond motifs is 5. The number of aliphatic hydroxyl groups excluding tert-OH is 4. The zero-order valence-electron chi connectivity index (χ0n) is 34.7. The fourth-order valence-corrected chi connectivity index (χ4v) is 11.8. The molecule has 8 nitrogen and oxygen atoms in total. The summed E-state index contributed by atoms with van der Waals surface area (Å²) in [4.78, 5) is 12.3. The van der Waals surface area contributed by atoms with Crippen LogP contribution >= 0.6 is 0 Å². The van der Waals surface area contributed by atoms with E-state index in [9.17, 15) is 30.3 Å². The molecule has 3 saturated carbocycles. The molecule has 0 radical (unpaired) electrons. The Kier molecular flexibility index (Phi) is 14.9. The third kappa shape index (κ3) is 9.13. The predicted octanol–water partition coefficient (Wildman–Crippen LogP) is 6.44. The van der Waals surface area contributed by atoms with E-state index in [0.717, 1.165) is 42.3 Å². The molecule has 4 aliphatic carbocycles. The lowest BCUT2D eigenvalue weighted by atomic mass is 9.45. The number of aliphatic hydroxyl groups is 5. The van der Waals surface area contributed by atoms with Gasteiger partial charge in [0, 0.05) is 29.9 Å². The number of carbonyl (C=O) groups is 1. The highest BCUT2D eigenvalue weighted by molar-refractivity contribution is 5.74. The van der Waals surface area contributed by atoms with Crippen LogP contribution in [0, 0.1) is 40.9 Å². The van der Waals surface area contributed by atoms with Crippen LogP contribution in [0.2, 0.25) is 0 Å². The number of aldehydes is 1. The van der Waals surface area contributed by atoms with Crippen molar-refractivity contribution in [1.82, 2.24) is 10.6 Å². The maximum Gasteiger partial charge on any atom is 0.145 e. The van der Waals surface area contributed by atoms with Crippen molar-refractivity contribution in [3.8, 4) is 0 Å². The van der Waals surface area contributed by atoms with Gasteiger partial charge in [-0.3, -0.25) is 10.1 Å². The molecule has 0 saturated heterocycles. The highest BCUT2D eigenvalue weighted by atomic mass is 16.3. The van der Waals surface area contributed by atoms with Gasteiger partial charge in [0.2, 0.25) is 0 Å². The first-order valence-electron chi connectivity index (χ1n) is 21.9. The molecule has 0 aromatic heterocycles. The van der Waals surface area contributed by atoms with E-state index in [1.54, 1.807) is 0 Å². The first-order valence-corrected chi connectivity index (χ1v) is 21.9. The Hall–Kier alpha value is -2.95. The second kappa shape index (κ2) is 19.4. The summed E-state index contributed by atoms with van der Waals surface area (Å²) in [6.07, 6.45) is 22.5. The topological polar surface area (TPSA) is 142 Å². The summed E-state index contributed by atoms with van der Waals surface area (Å²) in [5.41, 5.74) is 4.54. The fraction of sp³-hybridized carbons (Fsp3) is 0.612. The number of allylic oxidation sites excluding steroid dienone is 9. The minimum Gasteiger partial charge on any atom is -0.396 e. The number of benzene rings is 1. The number of carbonyl (C=O) groups excluding carboxylic acids is 1. The first kappa shape index (κ1) is 43.6. The smallest absolute Gasteiger partial charge is 0.145 e. The highest BCUT2D eigenvalue weighted by Crippen LogP contribution is 2.67. The number of nitrogens with one attached hydrogen (secondary N) is 2. The Labute approximate surface area is 341 Å². The second-order valence-corrected chi connectivity index (χ2v) is 18.1. The SMILES string of the molecule is C=C(/C=C/C=C(/CO)[C@@H]1CC[C@]2([C@@H]1O)[C@@H]1C(=C(C)C=O)[C@@H](C=C[C@H]1CCO)C[C@]2(O)CCNC)[C@H]1C/C=C(\C)[C@@H](O)N[C@@H](C2CCCCC2)Cc2cccc(c2)C1. The summed E-state index contributed by atoms with van der Waals surface area (Å²) < 4.78 is 0. The van der Waals surface area contributed by atoms with Crippen LogP contribution in [0.15, 0.2) is 95.2 Å². The molecule has 10 atom stereocenters. The van der Waals surface area contributed by atoms with Crippen LogP contribution in [0.5, 0.6) is 0 Å². The van der Waals surface area contributed by atoms with Gasteiger partial charge < -0.3 is 30.8 Å². The summed E-state index contributed by atoms with van der Waals surface area (Å²) in [5, 5.41) is 64.5. The minimum absolute atomic E-state index is 0.0369. The Morgan fingerprint density at radius 1 is 1.07 bits per heavy atom. The molecule has 0 amide bonds. The average Bonchev–Trinajstić information content (AvgIpc) is 3.56. The van der Waals surface area contributed by atoms with E-state index in [4.69, 9.17) is 0 Å². The molecule has 4 bridgehead atoms. The van der Waals surface area contributed by atoms with Crippen molar-refractivity contribution in [2.24, 2.45) is 40.9 Å². The third-order valence-corrected chi connectivity index (χ3v) is 14.9. The lowest BCUT2D eigenvalue weighted by Gasteiger charge is -2.61. The zero-order valence-corrected chi connectivity index (χ0v) is 34.7. The molecule has 1 heterocycles. The van der Waals surface area contributed by atoms with Crippen LogP contribution in [0.4, 0.5) is 0 Å². The molecule has 8 heteroatoms. The molecule has 1 aromatic carbocycles. The Bertz CT molecular complexity index is 1720. The molecule has 6 rings (SSSR count). The Morgan fingerprint density at radius 3 is 2.53 bits per heavy atom. The number of rotatable bonds is 12. The zero-order chi connectivity index (χ0) is 40.7. The van der Waals surface area contributed by atoms with Crippen molar-refractivity contribution in [3.63, 3.8) is 0 Å². The predicted molar refractivity (Wildman–Crippen MR) is 228 cm³/mol. The van der Waals surface area contributed by atoms with Crippen LogP contribution in [0.3, 0.4) is 0 Å². The van der Waals surface area contributed by atoms with Crippen LogP contribution in [-0.4, -0.2) is 82.6 Å². The fourth-order valence-electron chi connectivity index (χ4n) is 11.8. The van der Waals surface area contributed by atoms with Gasteiger partial charge in [0.15, 0.2) is 0 Å². The molecule has 1 aliphatic heterocycles. The van der Waals surface area contributed by atoms with Gasteiger partial charge in [-0.25, -0.2) is 0 Å². The summed E-state index contributed by atoms with van der Waals surface area (Å²) in [7, 11) is 1.86. The molecule has 7 N–H and O–H groups in total. The molecule has 57 heavy (non-hydrogen) atoms. The number of hydrogen-bond donors (Lipinski definition) is 7. The normalized spacial score (nSPS) is 37.1. The van der Waals surface area contributed by atoms with Gasteiger partial charge in [-0.2, -0.15) is 0 Å². The van der Waals surface area contributed by atoms with Gasteiger partial charge in [-0.05, 0) is 143 Å². The molecular weight excluding hydrogens is 713 g/mol.